The Kier molecular flexibility index (Phi) is 6.48. The third kappa shape index (κ3) is 4.33. The third-order valence-corrected chi connectivity index (χ3v) is 3.46. The van der Waals surface area contributed by atoms with E-state index in [0.29, 0.717) is 24.2 Å². The number of rotatable bonds is 8. The van der Waals surface area contributed by atoms with Gasteiger partial charge in [-0.1, -0.05) is 49.9 Å². The molecule has 0 bridgehead atoms. The van der Waals surface area contributed by atoms with Gasteiger partial charge in [0.25, 0.3) is 0 Å². The van der Waals surface area contributed by atoms with Gasteiger partial charge < -0.3 is 14.6 Å². The number of ether oxygens (including phenoxy) is 2. The smallest absolute Gasteiger partial charge is 0.335 e. The van der Waals surface area contributed by atoms with E-state index in [0.717, 1.165) is 6.08 Å². The Hall–Kier alpha value is -2.92. The van der Waals surface area contributed by atoms with Crippen molar-refractivity contribution in [2.45, 2.75) is 20.0 Å². The van der Waals surface area contributed by atoms with Crippen molar-refractivity contribution in [3.8, 4) is 11.5 Å². The van der Waals surface area contributed by atoms with Gasteiger partial charge in [-0.25, -0.2) is 4.79 Å². The summed E-state index contributed by atoms with van der Waals surface area (Å²) in [6.45, 7) is 5.26. The van der Waals surface area contributed by atoms with Gasteiger partial charge in [0.1, 0.15) is 0 Å². The molecule has 5 heteroatoms. The summed E-state index contributed by atoms with van der Waals surface area (Å²) in [6, 6.07) is 11.8. The van der Waals surface area contributed by atoms with Crippen molar-refractivity contribution in [2.75, 3.05) is 6.61 Å². The van der Waals surface area contributed by atoms with E-state index in [-0.39, 0.29) is 29.5 Å². The normalized spacial score (nSPS) is 10.2. The minimum Gasteiger partial charge on any atom is -0.489 e. The quantitative estimate of drug-likeness (QED) is 0.345. The van der Waals surface area contributed by atoms with Crippen LogP contribution in [0.1, 0.15) is 34.8 Å². The molecule has 2 aromatic carbocycles. The fraction of sp³-hybridized carbons (Fsp3) is 0.200. The highest BCUT2D eigenvalue weighted by molar-refractivity contribution is 6.11. The molecule has 0 aliphatic carbocycles. The zero-order valence-electron chi connectivity index (χ0n) is 14.0. The summed E-state index contributed by atoms with van der Waals surface area (Å²) < 4.78 is 11.0. The van der Waals surface area contributed by atoms with E-state index in [4.69, 9.17) is 9.47 Å². The molecule has 25 heavy (non-hydrogen) atoms. The first-order valence-electron chi connectivity index (χ1n) is 7.95. The Labute approximate surface area is 146 Å². The highest BCUT2D eigenvalue weighted by Crippen LogP contribution is 2.37. The lowest BCUT2D eigenvalue weighted by molar-refractivity contribution is -0.129. The second-order valence-corrected chi connectivity index (χ2v) is 5.26. The Bertz CT molecular complexity index is 765. The van der Waals surface area contributed by atoms with Crippen LogP contribution in [0.25, 0.3) is 0 Å². The van der Waals surface area contributed by atoms with Crippen molar-refractivity contribution in [2.24, 2.45) is 0 Å². The molecule has 5 nitrogen and oxygen atoms in total. The minimum absolute atomic E-state index is 0.0441. The van der Waals surface area contributed by atoms with E-state index in [9.17, 15) is 14.7 Å². The lowest BCUT2D eigenvalue weighted by Gasteiger charge is -2.17. The zero-order valence-corrected chi connectivity index (χ0v) is 14.0. The molecule has 0 unspecified atom stereocenters. The monoisotopic (exact) mass is 340 g/mol. The van der Waals surface area contributed by atoms with Gasteiger partial charge in [0.15, 0.2) is 17.3 Å². The molecule has 0 spiro atoms. The van der Waals surface area contributed by atoms with Gasteiger partial charge in [-0.2, -0.15) is 0 Å². The van der Waals surface area contributed by atoms with E-state index in [1.807, 2.05) is 13.0 Å². The van der Waals surface area contributed by atoms with Gasteiger partial charge >= 0.3 is 5.97 Å². The van der Waals surface area contributed by atoms with Gasteiger partial charge in [0.2, 0.25) is 0 Å². The zero-order chi connectivity index (χ0) is 18.2. The summed E-state index contributed by atoms with van der Waals surface area (Å²) in [5.41, 5.74) is 1.11. The van der Waals surface area contributed by atoms with Crippen molar-refractivity contribution in [3.63, 3.8) is 0 Å². The molecule has 0 saturated heterocycles. The summed E-state index contributed by atoms with van der Waals surface area (Å²) in [4.78, 5) is 24.5. The molecule has 0 saturated carbocycles. The van der Waals surface area contributed by atoms with Gasteiger partial charge in [-0.05, 0) is 12.5 Å². The van der Waals surface area contributed by atoms with Crippen LogP contribution in [0, 0.1) is 0 Å². The summed E-state index contributed by atoms with van der Waals surface area (Å²) >= 11 is 0. The Morgan fingerprint density at radius 1 is 1.12 bits per heavy atom. The Morgan fingerprint density at radius 2 is 1.84 bits per heavy atom. The first-order chi connectivity index (χ1) is 12.1. The predicted octanol–water partition coefficient (Wildman–Crippen LogP) is 3.29. The lowest BCUT2D eigenvalue weighted by Crippen LogP contribution is -2.12. The van der Waals surface area contributed by atoms with E-state index in [1.165, 1.54) is 0 Å². The van der Waals surface area contributed by atoms with E-state index in [1.54, 1.807) is 36.4 Å². The molecule has 0 aliphatic rings. The standard InChI is InChI=1S/C20H20O5/c1-3-12-24-20-16(18(23)14-8-6-5-7-9-14)11-10-15(13-21)19(20)25-17(22)4-2/h4-11,21H,2-3,12-13H2,1H3. The fourth-order valence-corrected chi connectivity index (χ4v) is 2.25. The number of benzene rings is 2. The molecule has 1 N–H and O–H groups in total. The maximum Gasteiger partial charge on any atom is 0.335 e. The van der Waals surface area contributed by atoms with Crippen LogP contribution in [0.4, 0.5) is 0 Å². The molecular weight excluding hydrogens is 320 g/mol. The Balaban J connectivity index is 2.58. The number of hydrogen-bond donors (Lipinski definition) is 1. The summed E-state index contributed by atoms with van der Waals surface area (Å²) in [6.07, 6.45) is 1.72. The minimum atomic E-state index is -0.694. The number of hydrogen-bond acceptors (Lipinski definition) is 5. The number of carbonyl (C=O) groups excluding carboxylic acids is 2. The lowest BCUT2D eigenvalue weighted by atomic mass is 10.00. The van der Waals surface area contributed by atoms with Crippen LogP contribution in [0.3, 0.4) is 0 Å². The van der Waals surface area contributed by atoms with E-state index >= 15 is 0 Å². The average Bonchev–Trinajstić information content (AvgIpc) is 2.66. The summed E-state index contributed by atoms with van der Waals surface area (Å²) in [5, 5.41) is 9.54. The number of aliphatic hydroxyl groups is 1. The van der Waals surface area contributed by atoms with Crippen LogP contribution in [-0.4, -0.2) is 23.5 Å². The van der Waals surface area contributed by atoms with Crippen LogP contribution in [-0.2, 0) is 11.4 Å². The first-order valence-corrected chi connectivity index (χ1v) is 7.95. The van der Waals surface area contributed by atoms with Gasteiger partial charge in [-0.3, -0.25) is 4.79 Å². The second-order valence-electron chi connectivity index (χ2n) is 5.26. The summed E-state index contributed by atoms with van der Waals surface area (Å²) in [5.74, 6) is -0.757. The number of esters is 1. The van der Waals surface area contributed by atoms with Crippen molar-refractivity contribution >= 4 is 11.8 Å². The van der Waals surface area contributed by atoms with Gasteiger partial charge in [0, 0.05) is 17.2 Å². The van der Waals surface area contributed by atoms with Crippen LogP contribution in [0.15, 0.2) is 55.1 Å². The molecule has 0 radical (unpaired) electrons. The first kappa shape index (κ1) is 18.4. The van der Waals surface area contributed by atoms with Crippen molar-refractivity contribution in [1.82, 2.24) is 0 Å². The predicted molar refractivity (Wildman–Crippen MR) is 93.9 cm³/mol. The fourth-order valence-electron chi connectivity index (χ4n) is 2.25. The molecule has 0 amide bonds. The highest BCUT2D eigenvalue weighted by Gasteiger charge is 2.23. The van der Waals surface area contributed by atoms with Crippen LogP contribution < -0.4 is 9.47 Å². The van der Waals surface area contributed by atoms with E-state index < -0.39 is 5.97 Å². The number of aliphatic hydroxyl groups excluding tert-OH is 1. The SMILES string of the molecule is C=CC(=O)Oc1c(CO)ccc(C(=O)c2ccccc2)c1OCCC. The molecule has 2 rings (SSSR count). The number of carbonyl (C=O) groups is 2. The van der Waals surface area contributed by atoms with Crippen molar-refractivity contribution in [3.05, 3.63) is 71.8 Å². The van der Waals surface area contributed by atoms with Gasteiger partial charge in [-0.15, -0.1) is 0 Å². The van der Waals surface area contributed by atoms with E-state index in [2.05, 4.69) is 6.58 Å². The average molecular weight is 340 g/mol. The topological polar surface area (TPSA) is 72.8 Å². The molecule has 0 atom stereocenters. The van der Waals surface area contributed by atoms with Crippen LogP contribution in [0.5, 0.6) is 11.5 Å². The maximum atomic E-state index is 12.8. The maximum absolute atomic E-state index is 12.8. The molecule has 0 aliphatic heterocycles. The van der Waals surface area contributed by atoms with Crippen molar-refractivity contribution in [1.29, 1.82) is 0 Å². The molecule has 2 aromatic rings. The Morgan fingerprint density at radius 3 is 2.44 bits per heavy atom. The number of ketones is 1. The molecule has 0 fully saturated rings. The second kappa shape index (κ2) is 8.80. The summed E-state index contributed by atoms with van der Waals surface area (Å²) in [7, 11) is 0. The van der Waals surface area contributed by atoms with Gasteiger partial charge in [0.05, 0.1) is 18.8 Å². The third-order valence-electron chi connectivity index (χ3n) is 3.46. The largest absolute Gasteiger partial charge is 0.489 e. The molecular formula is C20H20O5. The highest BCUT2D eigenvalue weighted by atomic mass is 16.6. The van der Waals surface area contributed by atoms with Crippen LogP contribution >= 0.6 is 0 Å². The van der Waals surface area contributed by atoms with Crippen LogP contribution in [0.2, 0.25) is 0 Å². The molecule has 0 aromatic heterocycles. The molecule has 0 heterocycles. The molecule has 130 valence electrons. The van der Waals surface area contributed by atoms with Crippen molar-refractivity contribution < 1.29 is 24.2 Å².